The number of aliphatic hydroxyl groups is 1. The van der Waals surface area contributed by atoms with Crippen molar-refractivity contribution in [2.75, 3.05) is 0 Å². The quantitative estimate of drug-likeness (QED) is 0.743. The van der Waals surface area contributed by atoms with Gasteiger partial charge in [-0.3, -0.25) is 4.79 Å². The van der Waals surface area contributed by atoms with Crippen LogP contribution in [0.4, 0.5) is 0 Å². The molecule has 4 fully saturated rings. The average Bonchev–Trinajstić information content (AvgIpc) is 3.09. The zero-order chi connectivity index (χ0) is 13.9. The van der Waals surface area contributed by atoms with Crippen molar-refractivity contribution in [1.82, 2.24) is 0 Å². The molecule has 2 bridgehead atoms. The lowest BCUT2D eigenvalue weighted by atomic mass is 9.73. The van der Waals surface area contributed by atoms with Crippen LogP contribution in [0.25, 0.3) is 0 Å². The smallest absolute Gasteiger partial charge is 0.133 e. The van der Waals surface area contributed by atoms with Crippen LogP contribution < -0.4 is 0 Å². The van der Waals surface area contributed by atoms with Crippen LogP contribution in [0.2, 0.25) is 0 Å². The molecule has 0 aromatic heterocycles. The number of hydrogen-bond acceptors (Lipinski definition) is 2. The molecule has 5 atom stereocenters. The fraction of sp³-hybridized carbons (Fsp3) is 0.722. The van der Waals surface area contributed by atoms with E-state index in [2.05, 4.69) is 6.58 Å². The van der Waals surface area contributed by atoms with E-state index in [1.165, 1.54) is 19.3 Å². The molecule has 4 aliphatic carbocycles. The molecule has 108 valence electrons. The molecule has 1 N–H and O–H groups in total. The average molecular weight is 272 g/mol. The number of carbonyl (C=O) groups excluding carboxylic acids is 1. The molecule has 20 heavy (non-hydrogen) atoms. The van der Waals surface area contributed by atoms with Gasteiger partial charge in [-0.2, -0.15) is 0 Å². The second-order valence-corrected chi connectivity index (χ2v) is 7.48. The highest BCUT2D eigenvalue weighted by Gasteiger charge is 2.60. The maximum Gasteiger partial charge on any atom is 0.133 e. The summed E-state index contributed by atoms with van der Waals surface area (Å²) >= 11 is 0. The second-order valence-electron chi connectivity index (χ2n) is 7.48. The number of rotatable bonds is 1. The summed E-state index contributed by atoms with van der Waals surface area (Å²) in [6.45, 7) is 3.87. The molecule has 0 aliphatic heterocycles. The van der Waals surface area contributed by atoms with Crippen molar-refractivity contribution in [3.05, 3.63) is 23.8 Å². The summed E-state index contributed by atoms with van der Waals surface area (Å²) in [7, 11) is 0. The molecule has 0 unspecified atom stereocenters. The van der Waals surface area contributed by atoms with Crippen molar-refractivity contribution >= 4 is 5.78 Å². The van der Waals surface area contributed by atoms with Gasteiger partial charge in [-0.15, -0.1) is 6.58 Å². The summed E-state index contributed by atoms with van der Waals surface area (Å²) in [5.41, 5.74) is 2.64. The molecule has 4 aliphatic rings. The fourth-order valence-electron chi connectivity index (χ4n) is 5.68. The third-order valence-electron chi connectivity index (χ3n) is 6.69. The van der Waals surface area contributed by atoms with Gasteiger partial charge in [0, 0.05) is 12.8 Å². The van der Waals surface area contributed by atoms with Gasteiger partial charge < -0.3 is 5.11 Å². The molecule has 0 radical (unpaired) electrons. The Kier molecular flexibility index (Phi) is 2.76. The normalized spacial score (nSPS) is 47.0. The predicted octanol–water partition coefficient (Wildman–Crippen LogP) is 3.41. The van der Waals surface area contributed by atoms with Gasteiger partial charge in [-0.25, -0.2) is 0 Å². The first-order valence-electron chi connectivity index (χ1n) is 8.18. The van der Waals surface area contributed by atoms with Gasteiger partial charge in [-0.05, 0) is 62.2 Å². The van der Waals surface area contributed by atoms with Crippen molar-refractivity contribution in [2.45, 2.75) is 57.0 Å². The molecule has 0 aromatic rings. The number of ketones is 1. The van der Waals surface area contributed by atoms with Crippen LogP contribution >= 0.6 is 0 Å². The Bertz CT molecular complexity index is 492. The van der Waals surface area contributed by atoms with Crippen LogP contribution in [0.3, 0.4) is 0 Å². The Labute approximate surface area is 120 Å². The highest BCUT2D eigenvalue weighted by atomic mass is 16.3. The lowest BCUT2D eigenvalue weighted by Gasteiger charge is -2.36. The SMILES string of the molecule is C=C[C@@]1(O)C[C@H]2C[C@@H]1[C@@H]1CC(=C3CCC(=O)CC3)C[C@H]21. The molecule has 0 amide bonds. The first kappa shape index (κ1) is 12.8. The topological polar surface area (TPSA) is 37.3 Å². The van der Waals surface area contributed by atoms with Crippen LogP contribution in [0.5, 0.6) is 0 Å². The lowest BCUT2D eigenvalue weighted by molar-refractivity contribution is -0.119. The first-order valence-corrected chi connectivity index (χ1v) is 8.18. The second kappa shape index (κ2) is 4.30. The van der Waals surface area contributed by atoms with E-state index < -0.39 is 5.60 Å². The van der Waals surface area contributed by atoms with Crippen LogP contribution in [-0.4, -0.2) is 16.5 Å². The monoisotopic (exact) mass is 272 g/mol. The standard InChI is InChI=1S/C18H24O2/c1-2-18(20)10-13-9-17(18)16-8-12(7-15(13)16)11-3-5-14(19)6-4-11/h2,13,15-17,20H,1,3-10H2/t13-,15-,16-,17-,18-/m1/s1. The zero-order valence-corrected chi connectivity index (χ0v) is 12.1. The molecule has 0 spiro atoms. The van der Waals surface area contributed by atoms with Gasteiger partial charge in [-0.1, -0.05) is 17.2 Å². The minimum atomic E-state index is -0.589. The first-order chi connectivity index (χ1) is 9.60. The van der Waals surface area contributed by atoms with E-state index in [0.29, 0.717) is 23.5 Å². The Balaban J connectivity index is 1.56. The zero-order valence-electron chi connectivity index (χ0n) is 12.1. The minimum absolute atomic E-state index is 0.439. The molecule has 4 rings (SSSR count). The number of Topliss-reactive ketones (excluding diaryl/α,β-unsaturated/α-hetero) is 1. The molecule has 0 heterocycles. The van der Waals surface area contributed by atoms with Crippen molar-refractivity contribution in [3.8, 4) is 0 Å². The molecular weight excluding hydrogens is 248 g/mol. The fourth-order valence-corrected chi connectivity index (χ4v) is 5.68. The van der Waals surface area contributed by atoms with Gasteiger partial charge in [0.05, 0.1) is 5.60 Å². The van der Waals surface area contributed by atoms with Gasteiger partial charge >= 0.3 is 0 Å². The Morgan fingerprint density at radius 3 is 2.50 bits per heavy atom. The summed E-state index contributed by atoms with van der Waals surface area (Å²) in [4.78, 5) is 11.4. The third-order valence-corrected chi connectivity index (χ3v) is 6.69. The van der Waals surface area contributed by atoms with Gasteiger partial charge in [0.25, 0.3) is 0 Å². The molecule has 0 aromatic carbocycles. The largest absolute Gasteiger partial charge is 0.385 e. The van der Waals surface area contributed by atoms with Crippen molar-refractivity contribution < 1.29 is 9.90 Å². The van der Waals surface area contributed by atoms with E-state index in [0.717, 1.165) is 38.0 Å². The molecule has 2 nitrogen and oxygen atoms in total. The van der Waals surface area contributed by atoms with Crippen LogP contribution in [-0.2, 0) is 4.79 Å². The minimum Gasteiger partial charge on any atom is -0.385 e. The third kappa shape index (κ3) is 1.70. The van der Waals surface area contributed by atoms with E-state index in [9.17, 15) is 9.90 Å². The molecular formula is C18H24O2. The summed E-state index contributed by atoms with van der Waals surface area (Å²) in [5, 5.41) is 10.7. The van der Waals surface area contributed by atoms with E-state index in [1.807, 2.05) is 0 Å². The van der Waals surface area contributed by atoms with Gasteiger partial charge in [0.15, 0.2) is 0 Å². The Morgan fingerprint density at radius 2 is 1.80 bits per heavy atom. The molecule has 2 heteroatoms. The van der Waals surface area contributed by atoms with Crippen LogP contribution in [0, 0.1) is 23.7 Å². The predicted molar refractivity (Wildman–Crippen MR) is 78.1 cm³/mol. The Hall–Kier alpha value is -0.890. The number of fused-ring (bicyclic) bond motifs is 5. The van der Waals surface area contributed by atoms with Crippen molar-refractivity contribution in [3.63, 3.8) is 0 Å². The number of allylic oxidation sites excluding steroid dienone is 2. The summed E-state index contributed by atoms with van der Waals surface area (Å²) in [6, 6.07) is 0. The number of carbonyl (C=O) groups is 1. The van der Waals surface area contributed by atoms with Crippen LogP contribution in [0.15, 0.2) is 23.8 Å². The van der Waals surface area contributed by atoms with Gasteiger partial charge in [0.2, 0.25) is 0 Å². The van der Waals surface area contributed by atoms with Crippen LogP contribution in [0.1, 0.15) is 51.4 Å². The summed E-state index contributed by atoms with van der Waals surface area (Å²) < 4.78 is 0. The van der Waals surface area contributed by atoms with E-state index in [-0.39, 0.29) is 0 Å². The number of hydrogen-bond donors (Lipinski definition) is 1. The highest BCUT2D eigenvalue weighted by molar-refractivity contribution is 5.80. The Morgan fingerprint density at radius 1 is 1.10 bits per heavy atom. The van der Waals surface area contributed by atoms with Crippen molar-refractivity contribution in [2.24, 2.45) is 23.7 Å². The maximum absolute atomic E-state index is 11.4. The van der Waals surface area contributed by atoms with Crippen molar-refractivity contribution in [1.29, 1.82) is 0 Å². The summed E-state index contributed by atoms with van der Waals surface area (Å²) in [6.07, 6.45) is 9.92. The van der Waals surface area contributed by atoms with E-state index in [4.69, 9.17) is 0 Å². The molecule has 0 saturated heterocycles. The van der Waals surface area contributed by atoms with E-state index >= 15 is 0 Å². The molecule has 4 saturated carbocycles. The maximum atomic E-state index is 11.4. The van der Waals surface area contributed by atoms with E-state index in [1.54, 1.807) is 17.2 Å². The highest BCUT2D eigenvalue weighted by Crippen LogP contribution is 2.64. The lowest BCUT2D eigenvalue weighted by Crippen LogP contribution is -2.39. The van der Waals surface area contributed by atoms with Gasteiger partial charge in [0.1, 0.15) is 5.78 Å². The summed E-state index contributed by atoms with van der Waals surface area (Å²) in [5.74, 6) is 3.07.